The van der Waals surface area contributed by atoms with Gasteiger partial charge in [-0.15, -0.1) is 0 Å². The minimum Gasteiger partial charge on any atom is -0.507 e. The van der Waals surface area contributed by atoms with Crippen molar-refractivity contribution in [2.24, 2.45) is 11.8 Å². The molecule has 0 amide bonds. The second-order valence-electron chi connectivity index (χ2n) is 8.67. The number of methoxy groups -OCH3 is 1. The van der Waals surface area contributed by atoms with Crippen LogP contribution < -0.4 is 10.2 Å². The lowest BCUT2D eigenvalue weighted by Gasteiger charge is -2.16. The highest BCUT2D eigenvalue weighted by atomic mass is 16.5. The van der Waals surface area contributed by atoms with E-state index < -0.39 is 5.43 Å². The minimum atomic E-state index is -0.425. The Labute approximate surface area is 175 Å². The van der Waals surface area contributed by atoms with Crippen molar-refractivity contribution >= 4 is 21.9 Å². The zero-order valence-electron chi connectivity index (χ0n) is 18.2. The number of ether oxygens (including phenoxy) is 1. The Morgan fingerprint density at radius 2 is 1.43 bits per heavy atom. The number of rotatable bonds is 7. The fraction of sp³-hybridized carbons (Fsp3) is 0.458. The van der Waals surface area contributed by atoms with Gasteiger partial charge in [-0.3, -0.25) is 4.79 Å². The largest absolute Gasteiger partial charge is 0.507 e. The third kappa shape index (κ3) is 3.91. The third-order valence-corrected chi connectivity index (χ3v) is 5.51. The highest BCUT2D eigenvalue weighted by Crippen LogP contribution is 2.41. The molecule has 0 aliphatic carbocycles. The maximum atomic E-state index is 13.5. The number of phenolic OH excluding ortho intramolecular Hbond substituents is 3. The highest BCUT2D eigenvalue weighted by Gasteiger charge is 2.23. The molecular weight excluding hydrogens is 384 g/mol. The molecule has 3 aromatic rings. The number of aryl methyl sites for hydroxylation is 1. The quantitative estimate of drug-likeness (QED) is 0.361. The van der Waals surface area contributed by atoms with Crippen LogP contribution in [0.5, 0.6) is 23.0 Å². The summed E-state index contributed by atoms with van der Waals surface area (Å²) in [6.45, 7) is 8.25. The number of fused-ring (bicyclic) bond motifs is 2. The summed E-state index contributed by atoms with van der Waals surface area (Å²) in [6, 6.07) is 2.84. The van der Waals surface area contributed by atoms with Gasteiger partial charge in [0.05, 0.1) is 12.5 Å². The molecule has 0 unspecified atom stereocenters. The van der Waals surface area contributed by atoms with Gasteiger partial charge < -0.3 is 24.5 Å². The van der Waals surface area contributed by atoms with Gasteiger partial charge in [0.15, 0.2) is 11.5 Å². The van der Waals surface area contributed by atoms with Crippen molar-refractivity contribution in [3.63, 3.8) is 0 Å². The van der Waals surface area contributed by atoms with E-state index in [1.807, 2.05) is 13.8 Å². The first kappa shape index (κ1) is 21.8. The molecule has 1 heterocycles. The molecule has 0 spiro atoms. The van der Waals surface area contributed by atoms with E-state index in [4.69, 9.17) is 9.15 Å². The summed E-state index contributed by atoms with van der Waals surface area (Å²) in [5.41, 5.74) is 0.824. The average Bonchev–Trinajstić information content (AvgIpc) is 2.67. The summed E-state index contributed by atoms with van der Waals surface area (Å²) in [7, 11) is 1.51. The van der Waals surface area contributed by atoms with E-state index in [-0.39, 0.29) is 39.2 Å². The van der Waals surface area contributed by atoms with Crippen molar-refractivity contribution in [2.75, 3.05) is 7.11 Å². The van der Waals surface area contributed by atoms with E-state index in [1.165, 1.54) is 13.2 Å². The van der Waals surface area contributed by atoms with Crippen LogP contribution in [0.25, 0.3) is 21.9 Å². The van der Waals surface area contributed by atoms with Crippen LogP contribution in [0.2, 0.25) is 0 Å². The van der Waals surface area contributed by atoms with Crippen LogP contribution >= 0.6 is 0 Å². The van der Waals surface area contributed by atoms with Crippen LogP contribution in [-0.4, -0.2) is 22.4 Å². The second-order valence-corrected chi connectivity index (χ2v) is 8.67. The SMILES string of the molecule is COc1cc2oc3cc(O)c(O)c(CCC(C)C)c3c(=O)c2c(O)c1CCC(C)C. The number of hydrogen-bond acceptors (Lipinski definition) is 6. The zero-order chi connectivity index (χ0) is 22.2. The van der Waals surface area contributed by atoms with E-state index in [2.05, 4.69) is 13.8 Å². The molecule has 2 aromatic carbocycles. The molecule has 0 atom stereocenters. The van der Waals surface area contributed by atoms with Crippen molar-refractivity contribution in [1.29, 1.82) is 0 Å². The average molecular weight is 414 g/mol. The summed E-state index contributed by atoms with van der Waals surface area (Å²) in [4.78, 5) is 13.5. The van der Waals surface area contributed by atoms with E-state index in [0.29, 0.717) is 41.6 Å². The molecule has 0 fully saturated rings. The maximum Gasteiger partial charge on any atom is 0.204 e. The first-order valence-electron chi connectivity index (χ1n) is 10.4. The Hall–Kier alpha value is -2.89. The summed E-state index contributed by atoms with van der Waals surface area (Å²) < 4.78 is 11.3. The molecule has 1 aromatic heterocycles. The second kappa shape index (κ2) is 8.46. The molecule has 0 saturated heterocycles. The Kier molecular flexibility index (Phi) is 6.15. The van der Waals surface area contributed by atoms with Crippen molar-refractivity contribution in [2.45, 2.75) is 53.4 Å². The lowest BCUT2D eigenvalue weighted by molar-refractivity contribution is 0.396. The Morgan fingerprint density at radius 1 is 0.867 bits per heavy atom. The van der Waals surface area contributed by atoms with E-state index >= 15 is 0 Å². The van der Waals surface area contributed by atoms with Crippen LogP contribution in [0.3, 0.4) is 0 Å². The van der Waals surface area contributed by atoms with Gasteiger partial charge in [-0.2, -0.15) is 0 Å². The molecule has 162 valence electrons. The lowest BCUT2D eigenvalue weighted by atomic mass is 9.95. The van der Waals surface area contributed by atoms with Gasteiger partial charge in [-0.05, 0) is 37.5 Å². The maximum absolute atomic E-state index is 13.5. The summed E-state index contributed by atoms with van der Waals surface area (Å²) >= 11 is 0. The fourth-order valence-electron chi connectivity index (χ4n) is 3.76. The minimum absolute atomic E-state index is 0.0675. The lowest BCUT2D eigenvalue weighted by Crippen LogP contribution is -2.08. The van der Waals surface area contributed by atoms with Gasteiger partial charge in [-0.25, -0.2) is 0 Å². The number of benzene rings is 2. The van der Waals surface area contributed by atoms with Gasteiger partial charge in [0.2, 0.25) is 5.43 Å². The van der Waals surface area contributed by atoms with Crippen LogP contribution in [0.1, 0.15) is 51.7 Å². The van der Waals surface area contributed by atoms with Crippen molar-refractivity contribution in [3.8, 4) is 23.0 Å². The topological polar surface area (TPSA) is 100 Å². The predicted molar refractivity (Wildman–Crippen MR) is 118 cm³/mol. The first-order valence-corrected chi connectivity index (χ1v) is 10.4. The van der Waals surface area contributed by atoms with E-state index in [1.54, 1.807) is 6.07 Å². The molecular formula is C24H30O6. The van der Waals surface area contributed by atoms with Crippen molar-refractivity contribution in [1.82, 2.24) is 0 Å². The molecule has 0 bridgehead atoms. The van der Waals surface area contributed by atoms with Crippen LogP contribution in [0, 0.1) is 11.8 Å². The molecule has 0 radical (unpaired) electrons. The normalized spacial score (nSPS) is 11.8. The van der Waals surface area contributed by atoms with Crippen molar-refractivity contribution < 1.29 is 24.5 Å². The monoisotopic (exact) mass is 414 g/mol. The summed E-state index contributed by atoms with van der Waals surface area (Å²) in [5.74, 6) is 0.403. The standard InChI is InChI=1S/C24H30O6/c1-12(2)6-8-14-17(29-5)11-19-21(23(14)27)24(28)20-15(9-7-13(3)4)22(26)16(25)10-18(20)30-19/h10-13,25-27H,6-9H2,1-5H3. The van der Waals surface area contributed by atoms with Crippen LogP contribution in [0.4, 0.5) is 0 Å². The molecule has 0 aliphatic rings. The van der Waals surface area contributed by atoms with Gasteiger partial charge in [0.25, 0.3) is 0 Å². The van der Waals surface area contributed by atoms with Crippen LogP contribution in [0.15, 0.2) is 21.3 Å². The fourth-order valence-corrected chi connectivity index (χ4v) is 3.76. The van der Waals surface area contributed by atoms with E-state index in [9.17, 15) is 20.1 Å². The van der Waals surface area contributed by atoms with Gasteiger partial charge in [0.1, 0.15) is 28.1 Å². The summed E-state index contributed by atoms with van der Waals surface area (Å²) in [5, 5.41) is 31.9. The van der Waals surface area contributed by atoms with Gasteiger partial charge in [0, 0.05) is 23.3 Å². The molecule has 6 nitrogen and oxygen atoms in total. The van der Waals surface area contributed by atoms with Gasteiger partial charge >= 0.3 is 0 Å². The van der Waals surface area contributed by atoms with E-state index in [0.717, 1.165) is 12.8 Å². The number of aromatic hydroxyl groups is 3. The molecule has 3 N–H and O–H groups in total. The Bertz CT molecular complexity index is 1140. The molecule has 30 heavy (non-hydrogen) atoms. The molecule has 0 aliphatic heterocycles. The van der Waals surface area contributed by atoms with Gasteiger partial charge in [-0.1, -0.05) is 27.7 Å². The zero-order valence-corrected chi connectivity index (χ0v) is 18.2. The Morgan fingerprint density at radius 3 is 2.00 bits per heavy atom. The highest BCUT2D eigenvalue weighted by molar-refractivity contribution is 5.97. The first-order chi connectivity index (χ1) is 14.1. The number of phenols is 3. The van der Waals surface area contributed by atoms with Crippen molar-refractivity contribution in [3.05, 3.63) is 33.5 Å². The van der Waals surface area contributed by atoms with Crippen LogP contribution in [-0.2, 0) is 12.8 Å². The third-order valence-electron chi connectivity index (χ3n) is 5.51. The molecule has 3 rings (SSSR count). The molecule has 0 saturated carbocycles. The predicted octanol–water partition coefficient (Wildman–Crippen LogP) is 5.25. The smallest absolute Gasteiger partial charge is 0.204 e. The Balaban J connectivity index is 2.36. The summed E-state index contributed by atoms with van der Waals surface area (Å²) in [6.07, 6.45) is 2.50. The number of hydrogen-bond donors (Lipinski definition) is 3. The molecule has 6 heteroatoms.